The van der Waals surface area contributed by atoms with Crippen molar-refractivity contribution in [2.24, 2.45) is 17.8 Å². The molecule has 2 heterocycles. The molecule has 1 aliphatic carbocycles. The van der Waals surface area contributed by atoms with Crippen molar-refractivity contribution in [1.29, 1.82) is 0 Å². The van der Waals surface area contributed by atoms with E-state index in [0.29, 0.717) is 19.6 Å². The Hall–Kier alpha value is -2.40. The number of amides is 2. The van der Waals surface area contributed by atoms with E-state index in [1.54, 1.807) is 12.1 Å². The van der Waals surface area contributed by atoms with Gasteiger partial charge in [-0.3, -0.25) is 14.5 Å². The zero-order valence-corrected chi connectivity index (χ0v) is 18.1. The molecule has 5 nitrogen and oxygen atoms in total. The van der Waals surface area contributed by atoms with Gasteiger partial charge in [0.05, 0.1) is 24.5 Å². The fraction of sp³-hybridized carbons (Fsp3) is 0.520. The number of hydrogen-bond donors (Lipinski definition) is 1. The number of likely N-dealkylation sites (tertiary alicyclic amines) is 1. The lowest BCUT2D eigenvalue weighted by molar-refractivity contribution is -0.140. The molecule has 0 bridgehead atoms. The minimum Gasteiger partial charge on any atom is -0.508 e. The summed E-state index contributed by atoms with van der Waals surface area (Å²) in [4.78, 5) is 27.3. The monoisotopic (exact) mass is 409 g/mol. The van der Waals surface area contributed by atoms with Crippen molar-refractivity contribution in [1.82, 2.24) is 4.90 Å². The molecule has 0 saturated carbocycles. The summed E-state index contributed by atoms with van der Waals surface area (Å²) in [6.07, 6.45) is 5.42. The number of rotatable bonds is 6. The van der Waals surface area contributed by atoms with Crippen LogP contribution in [0.1, 0.15) is 52.0 Å². The highest BCUT2D eigenvalue weighted by Gasteiger charge is 2.56. The number of carbonyl (C=O) groups is 2. The lowest BCUT2D eigenvalue weighted by Crippen LogP contribution is -2.34. The van der Waals surface area contributed by atoms with Gasteiger partial charge in [-0.25, -0.2) is 0 Å². The highest BCUT2D eigenvalue weighted by Crippen LogP contribution is 2.49. The third kappa shape index (κ3) is 3.71. The number of phenols is 1. The number of imide groups is 1. The summed E-state index contributed by atoms with van der Waals surface area (Å²) in [5.41, 5.74) is 4.83. The van der Waals surface area contributed by atoms with Gasteiger partial charge in [0.1, 0.15) is 5.75 Å². The third-order valence-electron chi connectivity index (χ3n) is 6.80. The first kappa shape index (κ1) is 20.9. The molecular weight excluding hydrogens is 378 g/mol. The topological polar surface area (TPSA) is 66.8 Å². The number of allylic oxidation sites excluding steroid dienone is 2. The maximum atomic E-state index is 13.0. The second kappa shape index (κ2) is 8.38. The van der Waals surface area contributed by atoms with Crippen LogP contribution in [-0.2, 0) is 14.3 Å². The van der Waals surface area contributed by atoms with Gasteiger partial charge in [-0.1, -0.05) is 36.3 Å². The molecule has 2 aliphatic heterocycles. The maximum Gasteiger partial charge on any atom is 0.233 e. The molecule has 2 fully saturated rings. The summed E-state index contributed by atoms with van der Waals surface area (Å²) in [7, 11) is 0. The second-order valence-electron chi connectivity index (χ2n) is 8.95. The molecule has 4 rings (SSSR count). The zero-order chi connectivity index (χ0) is 21.4. The van der Waals surface area contributed by atoms with E-state index in [4.69, 9.17) is 4.74 Å². The molecule has 1 N–H and O–H groups in total. The molecule has 0 aromatic heterocycles. The SMILES string of the molecule is CCCN1C(=O)[C@@H]2[C@@H](CC(C)=C3[C@@H](CC/C(C)=C/c4ccc(O)cc4)OC[C@@H]32)C1=O. The van der Waals surface area contributed by atoms with Crippen LogP contribution in [0.4, 0.5) is 0 Å². The van der Waals surface area contributed by atoms with E-state index in [9.17, 15) is 14.7 Å². The molecule has 2 saturated heterocycles. The Kier molecular flexibility index (Phi) is 5.83. The molecular formula is C25H31NO4. The van der Waals surface area contributed by atoms with E-state index in [1.165, 1.54) is 21.6 Å². The van der Waals surface area contributed by atoms with Crippen molar-refractivity contribution in [2.75, 3.05) is 13.2 Å². The molecule has 5 heteroatoms. The van der Waals surface area contributed by atoms with Gasteiger partial charge in [-0.2, -0.15) is 0 Å². The van der Waals surface area contributed by atoms with Crippen LogP contribution in [0.15, 0.2) is 41.0 Å². The van der Waals surface area contributed by atoms with E-state index in [-0.39, 0.29) is 41.4 Å². The van der Waals surface area contributed by atoms with Crippen molar-refractivity contribution in [2.45, 2.75) is 52.6 Å². The number of nitrogens with zero attached hydrogens (tertiary/aromatic N) is 1. The lowest BCUT2D eigenvalue weighted by atomic mass is 9.70. The number of ether oxygens (including phenoxy) is 1. The Labute approximate surface area is 178 Å². The second-order valence-corrected chi connectivity index (χ2v) is 8.95. The van der Waals surface area contributed by atoms with Crippen molar-refractivity contribution < 1.29 is 19.4 Å². The van der Waals surface area contributed by atoms with E-state index in [2.05, 4.69) is 19.9 Å². The summed E-state index contributed by atoms with van der Waals surface area (Å²) in [5.74, 6) is -0.0901. The van der Waals surface area contributed by atoms with Gasteiger partial charge < -0.3 is 9.84 Å². The smallest absolute Gasteiger partial charge is 0.233 e. The average Bonchev–Trinajstić information content (AvgIpc) is 3.24. The fourth-order valence-electron chi connectivity index (χ4n) is 5.42. The number of hydrogen-bond acceptors (Lipinski definition) is 4. The van der Waals surface area contributed by atoms with Crippen LogP contribution < -0.4 is 0 Å². The Morgan fingerprint density at radius 2 is 1.93 bits per heavy atom. The minimum absolute atomic E-state index is 0.00880. The highest BCUT2D eigenvalue weighted by molar-refractivity contribution is 6.05. The van der Waals surface area contributed by atoms with E-state index >= 15 is 0 Å². The Morgan fingerprint density at radius 1 is 1.20 bits per heavy atom. The summed E-state index contributed by atoms with van der Waals surface area (Å²) in [6, 6.07) is 7.19. The molecule has 160 valence electrons. The summed E-state index contributed by atoms with van der Waals surface area (Å²) in [5, 5.41) is 9.43. The average molecular weight is 410 g/mol. The molecule has 0 radical (unpaired) electrons. The van der Waals surface area contributed by atoms with E-state index in [1.807, 2.05) is 19.1 Å². The van der Waals surface area contributed by atoms with Gasteiger partial charge in [-0.15, -0.1) is 0 Å². The largest absolute Gasteiger partial charge is 0.508 e. The molecule has 1 aromatic carbocycles. The van der Waals surface area contributed by atoms with Crippen LogP contribution in [0, 0.1) is 17.8 Å². The zero-order valence-electron chi connectivity index (χ0n) is 18.1. The van der Waals surface area contributed by atoms with Gasteiger partial charge >= 0.3 is 0 Å². The Bertz CT molecular complexity index is 898. The minimum atomic E-state index is -0.235. The van der Waals surface area contributed by atoms with Crippen molar-refractivity contribution in [3.8, 4) is 5.75 Å². The summed E-state index contributed by atoms with van der Waals surface area (Å²) in [6.45, 7) is 7.29. The molecule has 1 aromatic rings. The van der Waals surface area contributed by atoms with Crippen LogP contribution in [0.2, 0.25) is 0 Å². The van der Waals surface area contributed by atoms with Crippen LogP contribution in [-0.4, -0.2) is 41.1 Å². The normalized spacial score (nSPS) is 28.9. The first-order chi connectivity index (χ1) is 14.4. The number of benzene rings is 1. The van der Waals surface area contributed by atoms with Crippen molar-refractivity contribution in [3.05, 3.63) is 46.5 Å². The fourth-order valence-corrected chi connectivity index (χ4v) is 5.42. The first-order valence-corrected chi connectivity index (χ1v) is 11.0. The quantitative estimate of drug-likeness (QED) is 0.561. The molecule has 3 aliphatic rings. The van der Waals surface area contributed by atoms with Gasteiger partial charge in [0.15, 0.2) is 0 Å². The number of carbonyl (C=O) groups excluding carboxylic acids is 2. The first-order valence-electron chi connectivity index (χ1n) is 11.0. The predicted octanol–water partition coefficient (Wildman–Crippen LogP) is 4.32. The molecule has 2 amide bonds. The van der Waals surface area contributed by atoms with E-state index in [0.717, 1.165) is 24.8 Å². The van der Waals surface area contributed by atoms with E-state index < -0.39 is 0 Å². The van der Waals surface area contributed by atoms with Crippen LogP contribution >= 0.6 is 0 Å². The molecule has 0 unspecified atom stereocenters. The van der Waals surface area contributed by atoms with Gasteiger partial charge in [0.2, 0.25) is 11.8 Å². The Morgan fingerprint density at radius 3 is 2.63 bits per heavy atom. The number of phenolic OH excluding ortho intramolecular Hbond substituents is 1. The van der Waals surface area contributed by atoms with Crippen molar-refractivity contribution in [3.63, 3.8) is 0 Å². The third-order valence-corrected chi connectivity index (χ3v) is 6.80. The maximum absolute atomic E-state index is 13.0. The van der Waals surface area contributed by atoms with Crippen LogP contribution in [0.25, 0.3) is 6.08 Å². The van der Waals surface area contributed by atoms with Crippen LogP contribution in [0.3, 0.4) is 0 Å². The van der Waals surface area contributed by atoms with Crippen LogP contribution in [0.5, 0.6) is 5.75 Å². The standard InChI is InChI=1S/C25H31NO4/c1-4-11-26-24(28)19-13-16(3)22-20(23(19)25(26)29)14-30-21(22)10-5-15(2)12-17-6-8-18(27)9-7-17/h6-9,12,19-21,23,27H,4-5,10-11,13-14H2,1-3H3/b15-12+/t19-,20+,21-,23-/m1/s1. The molecule has 4 atom stereocenters. The van der Waals surface area contributed by atoms with Gasteiger partial charge in [-0.05, 0) is 62.8 Å². The van der Waals surface area contributed by atoms with Gasteiger partial charge in [0.25, 0.3) is 0 Å². The predicted molar refractivity (Wildman–Crippen MR) is 116 cm³/mol. The lowest BCUT2D eigenvalue weighted by Gasteiger charge is -2.30. The molecule has 30 heavy (non-hydrogen) atoms. The Balaban J connectivity index is 1.46. The summed E-state index contributed by atoms with van der Waals surface area (Å²) < 4.78 is 6.17. The highest BCUT2D eigenvalue weighted by atomic mass is 16.5. The van der Waals surface area contributed by atoms with Crippen molar-refractivity contribution >= 4 is 17.9 Å². The summed E-state index contributed by atoms with van der Waals surface area (Å²) >= 11 is 0. The number of fused-ring (bicyclic) bond motifs is 3. The van der Waals surface area contributed by atoms with Gasteiger partial charge in [0, 0.05) is 12.5 Å². The number of aromatic hydroxyl groups is 1. The molecule has 0 spiro atoms.